The van der Waals surface area contributed by atoms with Crippen LogP contribution in [-0.2, 0) is 6.61 Å². The van der Waals surface area contributed by atoms with Gasteiger partial charge in [0.1, 0.15) is 35.9 Å². The Kier molecular flexibility index (Phi) is 7.15. The predicted octanol–water partition coefficient (Wildman–Crippen LogP) is 6.92. The Labute approximate surface area is 258 Å². The van der Waals surface area contributed by atoms with Gasteiger partial charge >= 0.3 is 0 Å². The van der Waals surface area contributed by atoms with Gasteiger partial charge in [0.25, 0.3) is 0 Å². The largest absolute Gasteiger partial charge is 0.487 e. The van der Waals surface area contributed by atoms with E-state index in [4.69, 9.17) is 20.0 Å². The van der Waals surface area contributed by atoms with Gasteiger partial charge in [0.2, 0.25) is 0 Å². The molecule has 2 aromatic heterocycles. The van der Waals surface area contributed by atoms with E-state index in [0.717, 1.165) is 31.2 Å². The molecule has 2 saturated heterocycles. The van der Waals surface area contributed by atoms with Gasteiger partial charge in [-0.25, -0.2) is 13.8 Å². The zero-order valence-electron chi connectivity index (χ0n) is 24.4. The minimum Gasteiger partial charge on any atom is -0.487 e. The van der Waals surface area contributed by atoms with E-state index in [9.17, 15) is 10.5 Å². The molecule has 2 N–H and O–H groups in total. The van der Waals surface area contributed by atoms with Crippen molar-refractivity contribution >= 4 is 16.8 Å². The molecule has 45 heavy (non-hydrogen) atoms. The minimum atomic E-state index is -0.744. The number of anilines is 1. The predicted molar refractivity (Wildman–Crippen MR) is 164 cm³/mol. The van der Waals surface area contributed by atoms with Crippen LogP contribution in [0.4, 0.5) is 14.6 Å². The number of nitrogens with two attached hydrogens (primary N) is 1. The van der Waals surface area contributed by atoms with Crippen LogP contribution in [0.1, 0.15) is 48.1 Å². The van der Waals surface area contributed by atoms with Crippen molar-refractivity contribution < 1.29 is 18.0 Å². The van der Waals surface area contributed by atoms with E-state index in [1.165, 1.54) is 24.3 Å². The van der Waals surface area contributed by atoms with Gasteiger partial charge in [0.05, 0.1) is 22.5 Å². The standard InChI is InChI=1S/C35H28F2N6O2/c1-19-26-14-30(37)27(15-31(26)45-42-19)32-33(21-7-8-22(16-38)29(36)11-21)41-35(43-24-9-10-25(43)13-23(40)12-24)28(17-39)34(32)44-18-20-5-3-2-4-6-20/h2-8,11,14-15,23-25H,9-10,12-13,18,40H2,1H3. The van der Waals surface area contributed by atoms with Gasteiger partial charge in [0, 0.05) is 34.6 Å². The number of pyridine rings is 1. The second kappa shape index (κ2) is 11.3. The first kappa shape index (κ1) is 28.5. The van der Waals surface area contributed by atoms with Crippen molar-refractivity contribution in [2.45, 2.75) is 57.3 Å². The molecule has 0 saturated carbocycles. The number of nitriles is 2. The SMILES string of the molecule is Cc1noc2cc(-c3c(-c4ccc(C#N)c(F)c4)nc(N4C5CCC4CC(N)C5)c(C#N)c3OCc3ccccc3)c(F)cc12. The molecule has 2 aliphatic rings. The third-order valence-corrected chi connectivity index (χ3v) is 8.86. The summed E-state index contributed by atoms with van der Waals surface area (Å²) in [6.07, 6.45) is 3.26. The lowest BCUT2D eigenvalue weighted by atomic mass is 9.93. The molecule has 224 valence electrons. The van der Waals surface area contributed by atoms with E-state index in [1.54, 1.807) is 13.0 Å². The lowest BCUT2D eigenvalue weighted by molar-refractivity contribution is 0.306. The van der Waals surface area contributed by atoms with Crippen molar-refractivity contribution in [2.75, 3.05) is 4.90 Å². The van der Waals surface area contributed by atoms with Crippen molar-refractivity contribution in [3.05, 3.63) is 94.7 Å². The molecular formula is C35H28F2N6O2. The number of rotatable bonds is 6. The summed E-state index contributed by atoms with van der Waals surface area (Å²) in [5.74, 6) is -0.849. The first-order valence-electron chi connectivity index (χ1n) is 14.8. The number of hydrogen-bond donors (Lipinski definition) is 1. The number of fused-ring (bicyclic) bond motifs is 3. The molecule has 2 bridgehead atoms. The number of ether oxygens (including phenoxy) is 1. The minimum absolute atomic E-state index is 0.0376. The Morgan fingerprint density at radius 1 is 1.00 bits per heavy atom. The first-order chi connectivity index (χ1) is 21.9. The Balaban J connectivity index is 1.54. The maximum absolute atomic E-state index is 16.2. The number of halogens is 2. The fourth-order valence-corrected chi connectivity index (χ4v) is 6.76. The van der Waals surface area contributed by atoms with Gasteiger partial charge in [0.15, 0.2) is 17.2 Å². The van der Waals surface area contributed by atoms with Crippen LogP contribution in [0.25, 0.3) is 33.4 Å². The fourth-order valence-electron chi connectivity index (χ4n) is 6.76. The van der Waals surface area contributed by atoms with E-state index in [2.05, 4.69) is 16.1 Å². The molecular weight excluding hydrogens is 574 g/mol. The summed E-state index contributed by atoms with van der Waals surface area (Å²) in [4.78, 5) is 7.18. The smallest absolute Gasteiger partial charge is 0.167 e. The summed E-state index contributed by atoms with van der Waals surface area (Å²) >= 11 is 0. The number of nitrogens with zero attached hydrogens (tertiary/aromatic N) is 5. The summed E-state index contributed by atoms with van der Waals surface area (Å²) in [5.41, 5.74) is 8.82. The number of hydrogen-bond acceptors (Lipinski definition) is 8. The quantitative estimate of drug-likeness (QED) is 0.222. The second-order valence-electron chi connectivity index (χ2n) is 11.7. The van der Waals surface area contributed by atoms with E-state index in [-0.39, 0.29) is 58.4 Å². The third kappa shape index (κ3) is 4.94. The molecule has 2 atom stereocenters. The van der Waals surface area contributed by atoms with Crippen LogP contribution < -0.4 is 15.4 Å². The molecule has 10 heteroatoms. The van der Waals surface area contributed by atoms with Gasteiger partial charge in [-0.05, 0) is 62.4 Å². The zero-order valence-corrected chi connectivity index (χ0v) is 24.4. The van der Waals surface area contributed by atoms with E-state index < -0.39 is 11.6 Å². The molecule has 7 rings (SSSR count). The Morgan fingerprint density at radius 2 is 1.76 bits per heavy atom. The third-order valence-electron chi connectivity index (χ3n) is 8.86. The normalized spacial score (nSPS) is 19.0. The molecule has 3 aromatic carbocycles. The average Bonchev–Trinajstić information content (AvgIpc) is 3.54. The highest BCUT2D eigenvalue weighted by molar-refractivity contribution is 5.94. The van der Waals surface area contributed by atoms with Gasteiger partial charge in [-0.1, -0.05) is 41.6 Å². The molecule has 0 spiro atoms. The summed E-state index contributed by atoms with van der Waals surface area (Å²) in [6, 6.07) is 20.7. The molecule has 0 amide bonds. The molecule has 0 aliphatic carbocycles. The van der Waals surface area contributed by atoms with Crippen molar-refractivity contribution in [1.29, 1.82) is 10.5 Å². The lowest BCUT2D eigenvalue weighted by Gasteiger charge is -2.39. The van der Waals surface area contributed by atoms with Crippen LogP contribution >= 0.6 is 0 Å². The molecule has 2 fully saturated rings. The highest BCUT2D eigenvalue weighted by atomic mass is 19.1. The van der Waals surface area contributed by atoms with Crippen molar-refractivity contribution in [3.8, 4) is 40.3 Å². The van der Waals surface area contributed by atoms with Crippen molar-refractivity contribution in [1.82, 2.24) is 10.1 Å². The molecule has 8 nitrogen and oxygen atoms in total. The highest BCUT2D eigenvalue weighted by Crippen LogP contribution is 2.49. The van der Waals surface area contributed by atoms with Crippen LogP contribution in [0.15, 0.2) is 65.2 Å². The van der Waals surface area contributed by atoms with E-state index >= 15 is 8.78 Å². The fraction of sp³-hybridized carbons (Fsp3) is 0.257. The maximum Gasteiger partial charge on any atom is 0.167 e. The number of aryl methyl sites for hydroxylation is 1. The van der Waals surface area contributed by atoms with Crippen LogP contribution in [0.2, 0.25) is 0 Å². The molecule has 4 heterocycles. The van der Waals surface area contributed by atoms with Gasteiger partial charge in [-0.3, -0.25) is 0 Å². The van der Waals surface area contributed by atoms with Crippen LogP contribution in [0.3, 0.4) is 0 Å². The monoisotopic (exact) mass is 602 g/mol. The van der Waals surface area contributed by atoms with Gasteiger partial charge in [-0.15, -0.1) is 0 Å². The van der Waals surface area contributed by atoms with Gasteiger partial charge in [-0.2, -0.15) is 10.5 Å². The van der Waals surface area contributed by atoms with Crippen LogP contribution in [0.5, 0.6) is 5.75 Å². The van der Waals surface area contributed by atoms with Crippen LogP contribution in [-0.4, -0.2) is 28.3 Å². The molecule has 2 unspecified atom stereocenters. The number of piperidine rings is 1. The van der Waals surface area contributed by atoms with Crippen molar-refractivity contribution in [2.24, 2.45) is 5.73 Å². The molecule has 5 aromatic rings. The van der Waals surface area contributed by atoms with E-state index in [0.29, 0.717) is 28.0 Å². The Bertz CT molecular complexity index is 2020. The first-order valence-corrected chi connectivity index (χ1v) is 14.8. The summed E-state index contributed by atoms with van der Waals surface area (Å²) < 4.78 is 43.3. The highest BCUT2D eigenvalue weighted by Gasteiger charge is 2.42. The van der Waals surface area contributed by atoms with Crippen molar-refractivity contribution in [3.63, 3.8) is 0 Å². The summed E-state index contributed by atoms with van der Waals surface area (Å²) in [6.45, 7) is 1.80. The zero-order chi connectivity index (χ0) is 31.2. The average molecular weight is 603 g/mol. The second-order valence-corrected chi connectivity index (χ2v) is 11.7. The van der Waals surface area contributed by atoms with E-state index in [1.807, 2.05) is 36.4 Å². The maximum atomic E-state index is 16.2. The number of benzene rings is 3. The summed E-state index contributed by atoms with van der Waals surface area (Å²) in [5, 5.41) is 24.6. The topological polar surface area (TPSA) is 125 Å². The van der Waals surface area contributed by atoms with Gasteiger partial charge < -0.3 is 19.9 Å². The van der Waals surface area contributed by atoms with Crippen LogP contribution in [0, 0.1) is 41.2 Å². The molecule has 2 aliphatic heterocycles. The lowest BCUT2D eigenvalue weighted by Crippen LogP contribution is -2.48. The Morgan fingerprint density at radius 3 is 2.44 bits per heavy atom. The Hall–Kier alpha value is -5.32. The number of aromatic nitrogens is 2. The molecule has 0 radical (unpaired) electrons. The summed E-state index contributed by atoms with van der Waals surface area (Å²) in [7, 11) is 0.